The summed E-state index contributed by atoms with van der Waals surface area (Å²) in [6.45, 7) is -0.339. The molecule has 6 nitrogen and oxygen atoms in total. The second-order valence-corrected chi connectivity index (χ2v) is 6.68. The molecule has 2 N–H and O–H groups in total. The lowest BCUT2D eigenvalue weighted by Crippen LogP contribution is -2.20. The molecule has 0 saturated carbocycles. The number of rotatable bonds is 6. The smallest absolute Gasteiger partial charge is 0.335 e. The van der Waals surface area contributed by atoms with Gasteiger partial charge in [-0.1, -0.05) is 29.3 Å². The summed E-state index contributed by atoms with van der Waals surface area (Å²) in [7, 11) is 1.53. The Morgan fingerprint density at radius 1 is 1.11 bits per heavy atom. The topological polar surface area (TPSA) is 84.9 Å². The molecule has 3 aromatic rings. The highest BCUT2D eigenvalue weighted by Crippen LogP contribution is 2.36. The summed E-state index contributed by atoms with van der Waals surface area (Å²) < 4.78 is 10.7. The lowest BCUT2D eigenvalue weighted by atomic mass is 10.1. The van der Waals surface area contributed by atoms with Crippen molar-refractivity contribution in [3.05, 3.63) is 64.1 Å². The maximum absolute atomic E-state index is 12.2. The number of halogens is 2. The molecule has 144 valence electrons. The molecule has 0 aliphatic heterocycles. The van der Waals surface area contributed by atoms with Crippen molar-refractivity contribution >= 4 is 51.5 Å². The normalized spacial score (nSPS) is 10.5. The van der Waals surface area contributed by atoms with Crippen LogP contribution in [0.2, 0.25) is 10.0 Å². The highest BCUT2D eigenvalue weighted by molar-refractivity contribution is 6.39. The molecule has 8 heteroatoms. The second-order valence-electron chi connectivity index (χ2n) is 5.83. The SMILES string of the molecule is COc1cccc(NC(=O)COc2cc(C(=O)O)cc3cc(Cl)cc(Cl)c23)c1. The Labute approximate surface area is 170 Å². The van der Waals surface area contributed by atoms with Crippen LogP contribution in [0.25, 0.3) is 10.8 Å². The van der Waals surface area contributed by atoms with Crippen molar-refractivity contribution in [2.75, 3.05) is 19.0 Å². The molecule has 0 unspecified atom stereocenters. The summed E-state index contributed by atoms with van der Waals surface area (Å²) in [5.41, 5.74) is 0.538. The van der Waals surface area contributed by atoms with E-state index in [0.717, 1.165) is 0 Å². The van der Waals surface area contributed by atoms with E-state index in [4.69, 9.17) is 32.7 Å². The number of anilines is 1. The van der Waals surface area contributed by atoms with E-state index in [1.165, 1.54) is 25.3 Å². The number of hydrogen-bond acceptors (Lipinski definition) is 4. The van der Waals surface area contributed by atoms with Gasteiger partial charge in [-0.15, -0.1) is 0 Å². The van der Waals surface area contributed by atoms with Crippen LogP contribution in [0.15, 0.2) is 48.5 Å². The Kier molecular flexibility index (Phi) is 5.92. The largest absolute Gasteiger partial charge is 0.497 e. The molecule has 1 amide bonds. The van der Waals surface area contributed by atoms with E-state index in [0.29, 0.717) is 32.3 Å². The van der Waals surface area contributed by atoms with Crippen LogP contribution in [-0.4, -0.2) is 30.7 Å². The van der Waals surface area contributed by atoms with Gasteiger partial charge < -0.3 is 19.9 Å². The van der Waals surface area contributed by atoms with Gasteiger partial charge in [-0.3, -0.25) is 4.79 Å². The summed E-state index contributed by atoms with van der Waals surface area (Å²) in [5, 5.41) is 13.6. The average molecular weight is 420 g/mol. The van der Waals surface area contributed by atoms with Gasteiger partial charge in [0.25, 0.3) is 5.91 Å². The van der Waals surface area contributed by atoms with Gasteiger partial charge in [0.2, 0.25) is 0 Å². The summed E-state index contributed by atoms with van der Waals surface area (Å²) in [4.78, 5) is 23.6. The first-order valence-corrected chi connectivity index (χ1v) is 8.86. The zero-order chi connectivity index (χ0) is 20.3. The average Bonchev–Trinajstić information content (AvgIpc) is 2.65. The first-order valence-electron chi connectivity index (χ1n) is 8.10. The van der Waals surface area contributed by atoms with Crippen molar-refractivity contribution < 1.29 is 24.2 Å². The van der Waals surface area contributed by atoms with Crippen LogP contribution in [0, 0.1) is 0 Å². The van der Waals surface area contributed by atoms with Gasteiger partial charge in [-0.05, 0) is 41.8 Å². The van der Waals surface area contributed by atoms with E-state index >= 15 is 0 Å². The second kappa shape index (κ2) is 8.37. The standard InChI is InChI=1S/C20H15Cl2NO5/c1-27-15-4-2-3-14(9-15)23-18(24)10-28-17-7-12(20(25)26)5-11-6-13(21)8-16(22)19(11)17/h2-9H,10H2,1H3,(H,23,24)(H,25,26). The third-order valence-electron chi connectivity index (χ3n) is 3.89. The predicted molar refractivity (Wildman–Crippen MR) is 108 cm³/mol. The van der Waals surface area contributed by atoms with E-state index in [9.17, 15) is 14.7 Å². The molecule has 0 aliphatic carbocycles. The van der Waals surface area contributed by atoms with Crippen molar-refractivity contribution in [1.29, 1.82) is 0 Å². The molecule has 3 aromatic carbocycles. The summed E-state index contributed by atoms with van der Waals surface area (Å²) >= 11 is 12.3. The van der Waals surface area contributed by atoms with Crippen molar-refractivity contribution in [2.45, 2.75) is 0 Å². The van der Waals surface area contributed by atoms with Gasteiger partial charge in [0.05, 0.1) is 17.7 Å². The number of aromatic carboxylic acids is 1. The molecule has 0 radical (unpaired) electrons. The number of nitrogens with one attached hydrogen (secondary N) is 1. The lowest BCUT2D eigenvalue weighted by Gasteiger charge is -2.13. The summed E-state index contributed by atoms with van der Waals surface area (Å²) in [6.07, 6.45) is 0. The van der Waals surface area contributed by atoms with E-state index in [1.54, 1.807) is 30.3 Å². The number of hydrogen-bond donors (Lipinski definition) is 2. The van der Waals surface area contributed by atoms with Gasteiger partial charge in [-0.25, -0.2) is 4.79 Å². The van der Waals surface area contributed by atoms with Gasteiger partial charge in [0, 0.05) is 22.2 Å². The van der Waals surface area contributed by atoms with Gasteiger partial charge >= 0.3 is 5.97 Å². The van der Waals surface area contributed by atoms with Crippen LogP contribution in [0.4, 0.5) is 5.69 Å². The van der Waals surface area contributed by atoms with E-state index in [-0.39, 0.29) is 17.9 Å². The van der Waals surface area contributed by atoms with Crippen LogP contribution in [-0.2, 0) is 4.79 Å². The van der Waals surface area contributed by atoms with E-state index < -0.39 is 11.9 Å². The zero-order valence-electron chi connectivity index (χ0n) is 14.7. The Morgan fingerprint density at radius 3 is 2.61 bits per heavy atom. The number of carboxylic acid groups (broad SMARTS) is 1. The Balaban J connectivity index is 1.84. The fraction of sp³-hybridized carbons (Fsp3) is 0.100. The van der Waals surface area contributed by atoms with Crippen LogP contribution in [0.1, 0.15) is 10.4 Å². The maximum atomic E-state index is 12.2. The minimum atomic E-state index is -1.14. The lowest BCUT2D eigenvalue weighted by molar-refractivity contribution is -0.118. The summed E-state index contributed by atoms with van der Waals surface area (Å²) in [6, 6.07) is 12.7. The third-order valence-corrected chi connectivity index (χ3v) is 4.41. The molecule has 0 atom stereocenters. The molecule has 3 rings (SSSR count). The first-order chi connectivity index (χ1) is 13.4. The predicted octanol–water partition coefficient (Wildman–Crippen LogP) is 4.87. The minimum Gasteiger partial charge on any atom is -0.497 e. The number of carbonyl (C=O) groups is 2. The molecule has 0 bridgehead atoms. The molecule has 0 fully saturated rings. The molecular formula is C20H15Cl2NO5. The molecular weight excluding hydrogens is 405 g/mol. The van der Waals surface area contributed by atoms with Crippen molar-refractivity contribution in [3.63, 3.8) is 0 Å². The van der Waals surface area contributed by atoms with Crippen LogP contribution < -0.4 is 14.8 Å². The molecule has 0 saturated heterocycles. The third kappa shape index (κ3) is 4.47. The quantitative estimate of drug-likeness (QED) is 0.595. The van der Waals surface area contributed by atoms with Crippen molar-refractivity contribution in [3.8, 4) is 11.5 Å². The minimum absolute atomic E-state index is 0.00552. The fourth-order valence-corrected chi connectivity index (χ4v) is 3.27. The fourth-order valence-electron chi connectivity index (χ4n) is 2.67. The number of carbonyl (C=O) groups excluding carboxylic acids is 1. The van der Waals surface area contributed by atoms with Crippen LogP contribution >= 0.6 is 23.2 Å². The number of benzene rings is 3. The number of fused-ring (bicyclic) bond motifs is 1. The monoisotopic (exact) mass is 419 g/mol. The zero-order valence-corrected chi connectivity index (χ0v) is 16.2. The van der Waals surface area contributed by atoms with Gasteiger partial charge in [0.15, 0.2) is 6.61 Å². The number of ether oxygens (including phenoxy) is 2. The Morgan fingerprint density at radius 2 is 1.89 bits per heavy atom. The van der Waals surface area contributed by atoms with Crippen LogP contribution in [0.5, 0.6) is 11.5 Å². The number of amides is 1. The molecule has 0 aromatic heterocycles. The van der Waals surface area contributed by atoms with Crippen LogP contribution in [0.3, 0.4) is 0 Å². The highest BCUT2D eigenvalue weighted by atomic mass is 35.5. The summed E-state index contributed by atoms with van der Waals surface area (Å²) in [5.74, 6) is -0.782. The molecule has 0 spiro atoms. The number of methoxy groups -OCH3 is 1. The molecule has 0 heterocycles. The molecule has 0 aliphatic rings. The van der Waals surface area contributed by atoms with E-state index in [1.807, 2.05) is 0 Å². The van der Waals surface area contributed by atoms with E-state index in [2.05, 4.69) is 5.32 Å². The Hall–Kier alpha value is -2.96. The van der Waals surface area contributed by atoms with Gasteiger partial charge in [-0.2, -0.15) is 0 Å². The van der Waals surface area contributed by atoms with Gasteiger partial charge in [0.1, 0.15) is 11.5 Å². The molecule has 28 heavy (non-hydrogen) atoms. The maximum Gasteiger partial charge on any atom is 0.335 e. The van der Waals surface area contributed by atoms with Crippen molar-refractivity contribution in [2.24, 2.45) is 0 Å². The Bertz CT molecular complexity index is 1070. The highest BCUT2D eigenvalue weighted by Gasteiger charge is 2.15. The first kappa shape index (κ1) is 19.8. The number of carboxylic acids is 1. The van der Waals surface area contributed by atoms with Crippen molar-refractivity contribution in [1.82, 2.24) is 0 Å².